The number of aliphatic hydroxyl groups excluding tert-OH is 1. The maximum atomic E-state index is 12.9. The monoisotopic (exact) mass is 260 g/mol. The first-order valence-electron chi connectivity index (χ1n) is 5.82. The second-order valence-electron chi connectivity index (χ2n) is 3.99. The number of hydrogen-bond donors (Lipinski definition) is 2. The highest BCUT2D eigenvalue weighted by molar-refractivity contribution is 6.04. The van der Waals surface area contributed by atoms with E-state index in [1.807, 2.05) is 12.1 Å². The van der Waals surface area contributed by atoms with Crippen LogP contribution in [0.1, 0.15) is 15.9 Å². The molecular weight excluding hydrogens is 247 g/mol. The number of nitrogens with one attached hydrogen (secondary N) is 1. The van der Waals surface area contributed by atoms with Crippen LogP contribution in [0.3, 0.4) is 0 Å². The van der Waals surface area contributed by atoms with E-state index < -0.39 is 11.9 Å². The maximum Gasteiger partial charge on any atom is 0.255 e. The van der Waals surface area contributed by atoms with Gasteiger partial charge in [0.1, 0.15) is 0 Å². The summed E-state index contributed by atoms with van der Waals surface area (Å²) in [4.78, 5) is 15.2. The van der Waals surface area contributed by atoms with Crippen LogP contribution in [0.15, 0.2) is 42.6 Å². The summed E-state index contributed by atoms with van der Waals surface area (Å²) < 4.78 is 12.9. The summed E-state index contributed by atoms with van der Waals surface area (Å²) in [5.41, 5.74) is 1.81. The van der Waals surface area contributed by atoms with Crippen LogP contribution in [0.2, 0.25) is 0 Å². The average Bonchev–Trinajstić information content (AvgIpc) is 2.41. The Kier molecular flexibility index (Phi) is 4.20. The van der Waals surface area contributed by atoms with Gasteiger partial charge in [-0.2, -0.15) is 4.39 Å². The summed E-state index contributed by atoms with van der Waals surface area (Å²) in [6, 6.07) is 9.63. The summed E-state index contributed by atoms with van der Waals surface area (Å²) in [7, 11) is 0. The van der Waals surface area contributed by atoms with Crippen molar-refractivity contribution in [3.05, 3.63) is 59.7 Å². The van der Waals surface area contributed by atoms with Gasteiger partial charge in [-0.05, 0) is 30.2 Å². The summed E-state index contributed by atoms with van der Waals surface area (Å²) >= 11 is 0. The fourth-order valence-electron chi connectivity index (χ4n) is 1.63. The van der Waals surface area contributed by atoms with Gasteiger partial charge in [0.05, 0.1) is 0 Å². The number of carbonyl (C=O) groups excluding carboxylic acids is 1. The predicted molar refractivity (Wildman–Crippen MR) is 69.4 cm³/mol. The van der Waals surface area contributed by atoms with Gasteiger partial charge in [0, 0.05) is 30.1 Å². The van der Waals surface area contributed by atoms with Crippen molar-refractivity contribution in [2.24, 2.45) is 0 Å². The topological polar surface area (TPSA) is 62.2 Å². The zero-order valence-electron chi connectivity index (χ0n) is 10.1. The van der Waals surface area contributed by atoms with E-state index in [-0.39, 0.29) is 12.2 Å². The molecule has 1 aromatic carbocycles. The van der Waals surface area contributed by atoms with Crippen molar-refractivity contribution in [3.8, 4) is 0 Å². The van der Waals surface area contributed by atoms with Crippen LogP contribution in [-0.2, 0) is 6.42 Å². The Morgan fingerprint density at radius 3 is 2.63 bits per heavy atom. The largest absolute Gasteiger partial charge is 0.396 e. The second-order valence-corrected chi connectivity index (χ2v) is 3.99. The number of carbonyl (C=O) groups is 1. The number of amides is 1. The van der Waals surface area contributed by atoms with Crippen LogP contribution in [-0.4, -0.2) is 22.6 Å². The molecule has 4 nitrogen and oxygen atoms in total. The molecule has 5 heteroatoms. The lowest BCUT2D eigenvalue weighted by Crippen LogP contribution is -2.12. The first-order chi connectivity index (χ1) is 9.19. The van der Waals surface area contributed by atoms with E-state index in [0.717, 1.165) is 11.6 Å². The molecule has 19 heavy (non-hydrogen) atoms. The molecule has 2 rings (SSSR count). The number of nitrogens with zero attached hydrogens (tertiary/aromatic N) is 1. The molecule has 1 heterocycles. The molecule has 2 aromatic rings. The highest BCUT2D eigenvalue weighted by Crippen LogP contribution is 2.12. The van der Waals surface area contributed by atoms with Crippen molar-refractivity contribution in [3.63, 3.8) is 0 Å². The van der Waals surface area contributed by atoms with Gasteiger partial charge in [0.25, 0.3) is 5.91 Å². The molecule has 0 aliphatic rings. The molecule has 0 atom stereocenters. The van der Waals surface area contributed by atoms with Crippen molar-refractivity contribution in [1.82, 2.24) is 4.98 Å². The second kappa shape index (κ2) is 6.06. The molecule has 0 unspecified atom stereocenters. The molecular formula is C14H13FN2O2. The Bertz CT molecular complexity index is 570. The number of pyridine rings is 1. The lowest BCUT2D eigenvalue weighted by molar-refractivity contribution is 0.102. The minimum absolute atomic E-state index is 0.0853. The Hall–Kier alpha value is -2.27. The highest BCUT2D eigenvalue weighted by atomic mass is 19.1. The normalized spacial score (nSPS) is 10.2. The maximum absolute atomic E-state index is 12.9. The molecule has 0 radical (unpaired) electrons. The number of aliphatic hydroxyl groups is 1. The lowest BCUT2D eigenvalue weighted by atomic mass is 10.1. The summed E-state index contributed by atoms with van der Waals surface area (Å²) in [6.07, 6.45) is 1.82. The number of anilines is 1. The van der Waals surface area contributed by atoms with Crippen molar-refractivity contribution in [2.75, 3.05) is 11.9 Å². The average molecular weight is 260 g/mol. The molecule has 0 aliphatic carbocycles. The van der Waals surface area contributed by atoms with Gasteiger partial charge in [-0.1, -0.05) is 12.1 Å². The molecule has 98 valence electrons. The standard InChI is InChI=1S/C14H13FN2O2/c15-13-9-11(5-7-16-13)14(19)17-12-3-1-10(2-4-12)6-8-18/h1-5,7,9,18H,6,8H2,(H,17,19). The fraction of sp³-hybridized carbons (Fsp3) is 0.143. The number of halogens is 1. The van der Waals surface area contributed by atoms with Crippen LogP contribution in [0.5, 0.6) is 0 Å². The van der Waals surface area contributed by atoms with Crippen LogP contribution in [0.4, 0.5) is 10.1 Å². The quantitative estimate of drug-likeness (QED) is 0.827. The number of hydrogen-bond acceptors (Lipinski definition) is 3. The van der Waals surface area contributed by atoms with Crippen molar-refractivity contribution in [2.45, 2.75) is 6.42 Å². The molecule has 0 aliphatic heterocycles. The van der Waals surface area contributed by atoms with Crippen LogP contribution >= 0.6 is 0 Å². The summed E-state index contributed by atoms with van der Waals surface area (Å²) in [5, 5.41) is 11.5. The Balaban J connectivity index is 2.06. The first kappa shape index (κ1) is 13.2. The first-order valence-corrected chi connectivity index (χ1v) is 5.82. The minimum Gasteiger partial charge on any atom is -0.396 e. The molecule has 0 bridgehead atoms. The molecule has 0 saturated carbocycles. The van der Waals surface area contributed by atoms with Gasteiger partial charge in [-0.15, -0.1) is 0 Å². The van der Waals surface area contributed by atoms with Crippen molar-refractivity contribution in [1.29, 1.82) is 0 Å². The van der Waals surface area contributed by atoms with Crippen molar-refractivity contribution < 1.29 is 14.3 Å². The molecule has 0 fully saturated rings. The van der Waals surface area contributed by atoms with Gasteiger partial charge >= 0.3 is 0 Å². The molecule has 1 aromatic heterocycles. The van der Waals surface area contributed by atoms with Gasteiger partial charge in [0.2, 0.25) is 5.95 Å². The third-order valence-corrected chi connectivity index (χ3v) is 2.60. The number of benzene rings is 1. The van der Waals surface area contributed by atoms with E-state index >= 15 is 0 Å². The number of aromatic nitrogens is 1. The molecule has 1 amide bonds. The SMILES string of the molecule is O=C(Nc1ccc(CCO)cc1)c1ccnc(F)c1. The van der Waals surface area contributed by atoms with Crippen LogP contribution < -0.4 is 5.32 Å². The van der Waals surface area contributed by atoms with E-state index in [1.165, 1.54) is 12.3 Å². The molecule has 0 spiro atoms. The third-order valence-electron chi connectivity index (χ3n) is 2.60. The van der Waals surface area contributed by atoms with Crippen molar-refractivity contribution >= 4 is 11.6 Å². The third kappa shape index (κ3) is 3.59. The fourth-order valence-corrected chi connectivity index (χ4v) is 1.63. The smallest absolute Gasteiger partial charge is 0.255 e. The van der Waals surface area contributed by atoms with Crippen LogP contribution in [0.25, 0.3) is 0 Å². The van der Waals surface area contributed by atoms with E-state index in [1.54, 1.807) is 12.1 Å². The van der Waals surface area contributed by atoms with Crippen LogP contribution in [0, 0.1) is 5.95 Å². The Labute approximate surface area is 109 Å². The Morgan fingerprint density at radius 2 is 2.00 bits per heavy atom. The highest BCUT2D eigenvalue weighted by Gasteiger charge is 2.07. The van der Waals surface area contributed by atoms with Gasteiger partial charge < -0.3 is 10.4 Å². The molecule has 2 N–H and O–H groups in total. The van der Waals surface area contributed by atoms with E-state index in [2.05, 4.69) is 10.3 Å². The Morgan fingerprint density at radius 1 is 1.26 bits per heavy atom. The van der Waals surface area contributed by atoms with E-state index in [9.17, 15) is 9.18 Å². The minimum atomic E-state index is -0.689. The van der Waals surface area contributed by atoms with Gasteiger partial charge in [-0.3, -0.25) is 4.79 Å². The van der Waals surface area contributed by atoms with Gasteiger partial charge in [0.15, 0.2) is 0 Å². The van der Waals surface area contributed by atoms with E-state index in [4.69, 9.17) is 5.11 Å². The number of rotatable bonds is 4. The lowest BCUT2D eigenvalue weighted by Gasteiger charge is -2.06. The zero-order valence-corrected chi connectivity index (χ0v) is 10.1. The summed E-state index contributed by atoms with van der Waals surface area (Å²) in [5.74, 6) is -1.08. The van der Waals surface area contributed by atoms with Gasteiger partial charge in [-0.25, -0.2) is 4.98 Å². The molecule has 0 saturated heterocycles. The predicted octanol–water partition coefficient (Wildman–Crippen LogP) is 2.01. The van der Waals surface area contributed by atoms with E-state index in [0.29, 0.717) is 12.1 Å². The summed E-state index contributed by atoms with van der Waals surface area (Å²) in [6.45, 7) is 0.0853. The zero-order chi connectivity index (χ0) is 13.7.